The Morgan fingerprint density at radius 2 is 2.19 bits per heavy atom. The predicted octanol–water partition coefficient (Wildman–Crippen LogP) is 1.08. The molecule has 0 saturated heterocycles. The molecule has 106 valence electrons. The van der Waals surface area contributed by atoms with Gasteiger partial charge in [0, 0.05) is 24.1 Å². The summed E-state index contributed by atoms with van der Waals surface area (Å²) >= 11 is 0. The van der Waals surface area contributed by atoms with Crippen LogP contribution in [0.1, 0.15) is 15.9 Å². The Morgan fingerprint density at radius 1 is 1.38 bits per heavy atom. The molecule has 0 aliphatic heterocycles. The van der Waals surface area contributed by atoms with Crippen molar-refractivity contribution >= 4 is 11.6 Å². The molecule has 5 nitrogen and oxygen atoms in total. The molecule has 6 heteroatoms. The van der Waals surface area contributed by atoms with Crippen LogP contribution >= 0.6 is 0 Å². The zero-order chi connectivity index (χ0) is 15.2. The molecule has 0 bridgehead atoms. The van der Waals surface area contributed by atoms with Crippen molar-refractivity contribution in [3.63, 3.8) is 0 Å². The third-order valence-electron chi connectivity index (χ3n) is 2.62. The second-order valence-corrected chi connectivity index (χ2v) is 4.08. The normalized spacial score (nSPS) is 9.62. The van der Waals surface area contributed by atoms with Crippen LogP contribution in [-0.4, -0.2) is 17.4 Å². The highest BCUT2D eigenvalue weighted by atomic mass is 19.1. The number of anilines is 1. The van der Waals surface area contributed by atoms with E-state index in [-0.39, 0.29) is 23.4 Å². The Kier molecular flexibility index (Phi) is 4.49. The van der Waals surface area contributed by atoms with E-state index in [1.54, 1.807) is 0 Å². The minimum atomic E-state index is -0.614. The second kappa shape index (κ2) is 6.50. The van der Waals surface area contributed by atoms with Gasteiger partial charge in [0.15, 0.2) is 5.43 Å². The number of nitrogens with one attached hydrogen (secondary N) is 2. The largest absolute Gasteiger partial charge is 0.367 e. The Hall–Kier alpha value is -2.91. The fourth-order valence-corrected chi connectivity index (χ4v) is 1.63. The monoisotopic (exact) mass is 285 g/mol. The Labute approximate surface area is 120 Å². The first-order valence-corrected chi connectivity index (χ1v) is 6.09. The van der Waals surface area contributed by atoms with Crippen LogP contribution in [0.3, 0.4) is 0 Å². The minimum Gasteiger partial charge on any atom is -0.367 e. The molecule has 0 unspecified atom stereocenters. The Balaban J connectivity index is 2.21. The number of aromatic amines is 1. The molecule has 1 aromatic carbocycles. The number of hydrogen-bond donors (Lipinski definition) is 3. The molecule has 0 spiro atoms. The van der Waals surface area contributed by atoms with Crippen molar-refractivity contribution in [3.05, 3.63) is 63.8 Å². The van der Waals surface area contributed by atoms with Crippen LogP contribution in [0, 0.1) is 17.7 Å². The first-order valence-electron chi connectivity index (χ1n) is 6.09. The molecular formula is C15H12FN3O2. The number of hydrogen-bond acceptors (Lipinski definition) is 3. The molecule has 0 radical (unpaired) electrons. The van der Waals surface area contributed by atoms with E-state index in [0.717, 1.165) is 6.07 Å². The SMILES string of the molecule is NCC#Cc1ccc(NC(=O)c2c[nH]ccc2=O)cc1F. The number of halogens is 1. The summed E-state index contributed by atoms with van der Waals surface area (Å²) in [6, 6.07) is 5.30. The highest BCUT2D eigenvalue weighted by Gasteiger charge is 2.10. The molecule has 0 atom stereocenters. The number of carbonyl (C=O) groups is 1. The van der Waals surface area contributed by atoms with E-state index in [1.807, 2.05) is 0 Å². The lowest BCUT2D eigenvalue weighted by molar-refractivity contribution is 0.102. The molecule has 0 aliphatic carbocycles. The van der Waals surface area contributed by atoms with Crippen LogP contribution in [0.5, 0.6) is 0 Å². The topological polar surface area (TPSA) is 88.0 Å². The minimum absolute atomic E-state index is 0.0510. The Morgan fingerprint density at radius 3 is 2.86 bits per heavy atom. The highest BCUT2D eigenvalue weighted by Crippen LogP contribution is 2.14. The maximum Gasteiger partial charge on any atom is 0.261 e. The molecule has 21 heavy (non-hydrogen) atoms. The number of rotatable bonds is 2. The molecule has 0 aliphatic rings. The standard InChI is InChI=1S/C15H12FN3O2/c16-13-8-11(4-3-10(13)2-1-6-17)19-15(21)12-9-18-7-5-14(12)20/h3-5,7-9H,6,17H2,(H,18,20)(H,19,21). The number of pyridine rings is 1. The van der Waals surface area contributed by atoms with E-state index in [4.69, 9.17) is 5.73 Å². The van der Waals surface area contributed by atoms with Crippen LogP contribution in [0.25, 0.3) is 0 Å². The van der Waals surface area contributed by atoms with Gasteiger partial charge in [-0.1, -0.05) is 11.8 Å². The predicted molar refractivity (Wildman–Crippen MR) is 77.3 cm³/mol. The molecule has 1 aromatic heterocycles. The zero-order valence-corrected chi connectivity index (χ0v) is 10.9. The van der Waals surface area contributed by atoms with Gasteiger partial charge in [0.1, 0.15) is 11.4 Å². The fraction of sp³-hybridized carbons (Fsp3) is 0.0667. The lowest BCUT2D eigenvalue weighted by atomic mass is 10.2. The molecule has 2 aromatic rings. The van der Waals surface area contributed by atoms with Crippen LogP contribution in [0.2, 0.25) is 0 Å². The van der Waals surface area contributed by atoms with Crippen molar-refractivity contribution in [1.82, 2.24) is 4.98 Å². The van der Waals surface area contributed by atoms with Gasteiger partial charge < -0.3 is 16.0 Å². The van der Waals surface area contributed by atoms with E-state index in [2.05, 4.69) is 22.1 Å². The van der Waals surface area contributed by atoms with Crippen LogP contribution in [0.15, 0.2) is 41.5 Å². The van der Waals surface area contributed by atoms with E-state index >= 15 is 0 Å². The van der Waals surface area contributed by atoms with Gasteiger partial charge in [-0.3, -0.25) is 9.59 Å². The average Bonchev–Trinajstić information content (AvgIpc) is 2.47. The zero-order valence-electron chi connectivity index (χ0n) is 10.9. The lowest BCUT2D eigenvalue weighted by Gasteiger charge is -2.05. The average molecular weight is 285 g/mol. The van der Waals surface area contributed by atoms with Gasteiger partial charge in [-0.15, -0.1) is 0 Å². The molecule has 0 saturated carbocycles. The summed E-state index contributed by atoms with van der Waals surface area (Å²) in [5, 5.41) is 2.45. The summed E-state index contributed by atoms with van der Waals surface area (Å²) in [6.07, 6.45) is 2.71. The number of amides is 1. The van der Waals surface area contributed by atoms with Crippen LogP contribution < -0.4 is 16.5 Å². The van der Waals surface area contributed by atoms with E-state index in [9.17, 15) is 14.0 Å². The number of carbonyl (C=O) groups excluding carboxylic acids is 1. The smallest absolute Gasteiger partial charge is 0.261 e. The highest BCUT2D eigenvalue weighted by molar-refractivity contribution is 6.03. The van der Waals surface area contributed by atoms with Gasteiger partial charge in [-0.2, -0.15) is 0 Å². The first-order chi connectivity index (χ1) is 10.1. The molecule has 2 rings (SSSR count). The second-order valence-electron chi connectivity index (χ2n) is 4.08. The summed E-state index contributed by atoms with van der Waals surface area (Å²) in [4.78, 5) is 26.1. The third kappa shape index (κ3) is 3.55. The van der Waals surface area contributed by atoms with Crippen molar-refractivity contribution in [2.24, 2.45) is 5.73 Å². The molecule has 4 N–H and O–H groups in total. The van der Waals surface area contributed by atoms with E-state index < -0.39 is 17.2 Å². The van der Waals surface area contributed by atoms with E-state index in [1.165, 1.54) is 30.6 Å². The number of nitrogens with two attached hydrogens (primary N) is 1. The quantitative estimate of drug-likeness (QED) is 0.721. The molecule has 1 heterocycles. The van der Waals surface area contributed by atoms with Gasteiger partial charge in [-0.25, -0.2) is 4.39 Å². The van der Waals surface area contributed by atoms with Crippen molar-refractivity contribution in [2.75, 3.05) is 11.9 Å². The summed E-state index contributed by atoms with van der Waals surface area (Å²) in [5.74, 6) is 3.93. The number of H-pyrrole nitrogens is 1. The lowest BCUT2D eigenvalue weighted by Crippen LogP contribution is -2.20. The number of benzene rings is 1. The van der Waals surface area contributed by atoms with Crippen molar-refractivity contribution < 1.29 is 9.18 Å². The fourth-order valence-electron chi connectivity index (χ4n) is 1.63. The maximum atomic E-state index is 13.7. The van der Waals surface area contributed by atoms with Crippen molar-refractivity contribution in [1.29, 1.82) is 0 Å². The molecular weight excluding hydrogens is 273 g/mol. The van der Waals surface area contributed by atoms with Crippen LogP contribution in [-0.2, 0) is 0 Å². The Bertz CT molecular complexity index is 787. The van der Waals surface area contributed by atoms with Crippen molar-refractivity contribution in [3.8, 4) is 11.8 Å². The van der Waals surface area contributed by atoms with Gasteiger partial charge in [0.05, 0.1) is 12.1 Å². The van der Waals surface area contributed by atoms with Gasteiger partial charge >= 0.3 is 0 Å². The van der Waals surface area contributed by atoms with Gasteiger partial charge in [0.25, 0.3) is 5.91 Å². The van der Waals surface area contributed by atoms with Gasteiger partial charge in [-0.05, 0) is 18.2 Å². The van der Waals surface area contributed by atoms with Crippen LogP contribution in [0.4, 0.5) is 10.1 Å². The molecule has 0 fully saturated rings. The molecule has 1 amide bonds. The van der Waals surface area contributed by atoms with E-state index in [0.29, 0.717) is 0 Å². The summed E-state index contributed by atoms with van der Waals surface area (Å²) in [7, 11) is 0. The summed E-state index contributed by atoms with van der Waals surface area (Å²) in [6.45, 7) is 0.134. The van der Waals surface area contributed by atoms with Gasteiger partial charge in [0.2, 0.25) is 0 Å². The summed E-state index contributed by atoms with van der Waals surface area (Å²) in [5.41, 5.74) is 5.17. The third-order valence-corrected chi connectivity index (χ3v) is 2.62. The summed E-state index contributed by atoms with van der Waals surface area (Å²) < 4.78 is 13.7. The maximum absolute atomic E-state index is 13.7. The first kappa shape index (κ1) is 14.5. The van der Waals surface area contributed by atoms with Crippen molar-refractivity contribution in [2.45, 2.75) is 0 Å². The number of aromatic nitrogens is 1.